The molecule has 0 unspecified atom stereocenters. The van der Waals surface area contributed by atoms with Gasteiger partial charge in [-0.25, -0.2) is 9.97 Å². The first-order valence-electron chi connectivity index (χ1n) is 4.14. The summed E-state index contributed by atoms with van der Waals surface area (Å²) in [5.74, 6) is -0.739. The van der Waals surface area contributed by atoms with Gasteiger partial charge in [0.05, 0.1) is 6.61 Å². The average Bonchev–Trinajstić information content (AvgIpc) is 2.17. The smallest absolute Gasteiger partial charge is 0.316 e. The minimum absolute atomic E-state index is 0.145. The van der Waals surface area contributed by atoms with Gasteiger partial charge in [-0.1, -0.05) is 0 Å². The second kappa shape index (κ2) is 3.71. The number of aliphatic hydroxyl groups is 1. The average molecular weight is 196 g/mol. The molecule has 0 saturated carbocycles. The number of hydrogen-bond donors (Lipinski definition) is 2. The van der Waals surface area contributed by atoms with Crippen molar-refractivity contribution in [2.45, 2.75) is 25.9 Å². The van der Waals surface area contributed by atoms with Crippen LogP contribution in [0.1, 0.15) is 25.2 Å². The Kier molecular flexibility index (Phi) is 2.81. The fourth-order valence-electron chi connectivity index (χ4n) is 0.855. The maximum absolute atomic E-state index is 10.8. The van der Waals surface area contributed by atoms with Crippen LogP contribution in [0.15, 0.2) is 12.4 Å². The number of aliphatic carboxylic acids is 1. The van der Waals surface area contributed by atoms with Gasteiger partial charge in [0, 0.05) is 18.0 Å². The van der Waals surface area contributed by atoms with Gasteiger partial charge < -0.3 is 10.2 Å². The van der Waals surface area contributed by atoms with Gasteiger partial charge in [0.15, 0.2) is 0 Å². The van der Waals surface area contributed by atoms with Crippen LogP contribution in [-0.2, 0) is 16.8 Å². The van der Waals surface area contributed by atoms with Crippen LogP contribution in [0.25, 0.3) is 0 Å². The van der Waals surface area contributed by atoms with Crippen molar-refractivity contribution in [3.8, 4) is 0 Å². The second-order valence-electron chi connectivity index (χ2n) is 3.50. The molecule has 0 fully saturated rings. The molecular weight excluding hydrogens is 184 g/mol. The highest BCUT2D eigenvalue weighted by Crippen LogP contribution is 2.18. The molecule has 1 aromatic rings. The molecule has 0 saturated heterocycles. The number of hydrogen-bond acceptors (Lipinski definition) is 4. The summed E-state index contributed by atoms with van der Waals surface area (Å²) < 4.78 is 0. The molecule has 0 aliphatic carbocycles. The Bertz CT molecular complexity index is 332. The van der Waals surface area contributed by atoms with Gasteiger partial charge >= 0.3 is 5.97 Å². The van der Waals surface area contributed by atoms with Gasteiger partial charge in [0.25, 0.3) is 0 Å². The Labute approximate surface area is 81.4 Å². The van der Waals surface area contributed by atoms with E-state index in [1.165, 1.54) is 26.2 Å². The molecule has 0 aliphatic heterocycles. The Morgan fingerprint density at radius 2 is 1.93 bits per heavy atom. The zero-order valence-corrected chi connectivity index (χ0v) is 8.06. The van der Waals surface area contributed by atoms with Gasteiger partial charge in [-0.3, -0.25) is 4.79 Å². The molecule has 76 valence electrons. The molecule has 0 amide bonds. The Hall–Kier alpha value is -1.49. The van der Waals surface area contributed by atoms with Crippen LogP contribution in [0, 0.1) is 0 Å². The summed E-state index contributed by atoms with van der Waals surface area (Å²) in [5, 5.41) is 17.6. The normalized spacial score (nSPS) is 11.4. The van der Waals surface area contributed by atoms with E-state index in [2.05, 4.69) is 9.97 Å². The van der Waals surface area contributed by atoms with Crippen molar-refractivity contribution < 1.29 is 15.0 Å². The third kappa shape index (κ3) is 1.88. The largest absolute Gasteiger partial charge is 0.481 e. The summed E-state index contributed by atoms with van der Waals surface area (Å²) in [6, 6.07) is 0. The van der Waals surface area contributed by atoms with Crippen LogP contribution in [0.5, 0.6) is 0 Å². The number of nitrogens with zero attached hydrogens (tertiary/aromatic N) is 2. The highest BCUT2D eigenvalue weighted by Gasteiger charge is 2.32. The molecule has 0 radical (unpaired) electrons. The number of carboxylic acids is 1. The lowest BCUT2D eigenvalue weighted by Crippen LogP contribution is -2.30. The molecule has 1 rings (SSSR count). The van der Waals surface area contributed by atoms with E-state index >= 15 is 0 Å². The van der Waals surface area contributed by atoms with Gasteiger partial charge in [0.2, 0.25) is 0 Å². The molecule has 0 atom stereocenters. The topological polar surface area (TPSA) is 83.3 Å². The molecule has 1 aromatic heterocycles. The monoisotopic (exact) mass is 196 g/mol. The summed E-state index contributed by atoms with van der Waals surface area (Å²) in [6.07, 6.45) is 2.85. The predicted molar refractivity (Wildman–Crippen MR) is 48.6 cm³/mol. The molecule has 5 nitrogen and oxygen atoms in total. The Balaban J connectivity index is 3.02. The van der Waals surface area contributed by atoms with E-state index in [4.69, 9.17) is 10.2 Å². The first kappa shape index (κ1) is 10.6. The SMILES string of the molecule is CC(C)(C(=O)O)c1ncc(CO)cn1. The van der Waals surface area contributed by atoms with Crippen molar-refractivity contribution in [3.63, 3.8) is 0 Å². The van der Waals surface area contributed by atoms with Gasteiger partial charge in [-0.2, -0.15) is 0 Å². The summed E-state index contributed by atoms with van der Waals surface area (Å²) in [6.45, 7) is 2.92. The Morgan fingerprint density at radius 1 is 1.43 bits per heavy atom. The van der Waals surface area contributed by atoms with Crippen molar-refractivity contribution in [2.24, 2.45) is 0 Å². The number of aromatic nitrogens is 2. The third-order valence-electron chi connectivity index (χ3n) is 1.98. The van der Waals surface area contributed by atoms with E-state index < -0.39 is 11.4 Å². The minimum Gasteiger partial charge on any atom is -0.481 e. The van der Waals surface area contributed by atoms with Gasteiger partial charge in [-0.15, -0.1) is 0 Å². The molecule has 2 N–H and O–H groups in total. The molecule has 1 heterocycles. The molecule has 0 spiro atoms. The van der Waals surface area contributed by atoms with Crippen molar-refractivity contribution >= 4 is 5.97 Å². The molecular formula is C9H12N2O3. The fraction of sp³-hybridized carbons (Fsp3) is 0.444. The van der Waals surface area contributed by atoms with Crippen molar-refractivity contribution in [1.82, 2.24) is 9.97 Å². The van der Waals surface area contributed by atoms with Crippen LogP contribution < -0.4 is 0 Å². The predicted octanol–water partition coefficient (Wildman–Crippen LogP) is 0.331. The van der Waals surface area contributed by atoms with Crippen LogP contribution in [0.2, 0.25) is 0 Å². The zero-order valence-electron chi connectivity index (χ0n) is 8.06. The van der Waals surface area contributed by atoms with Crippen molar-refractivity contribution in [3.05, 3.63) is 23.8 Å². The second-order valence-corrected chi connectivity index (χ2v) is 3.50. The lowest BCUT2D eigenvalue weighted by Gasteiger charge is -2.16. The first-order chi connectivity index (χ1) is 6.48. The summed E-state index contributed by atoms with van der Waals surface area (Å²) >= 11 is 0. The van der Waals surface area contributed by atoms with E-state index in [1.807, 2.05) is 0 Å². The van der Waals surface area contributed by atoms with Crippen molar-refractivity contribution in [1.29, 1.82) is 0 Å². The summed E-state index contributed by atoms with van der Waals surface area (Å²) in [4.78, 5) is 18.6. The molecule has 5 heteroatoms. The minimum atomic E-state index is -1.10. The third-order valence-corrected chi connectivity index (χ3v) is 1.98. The Morgan fingerprint density at radius 3 is 2.29 bits per heavy atom. The van der Waals surface area contributed by atoms with Crippen molar-refractivity contribution in [2.75, 3.05) is 0 Å². The van der Waals surface area contributed by atoms with Gasteiger partial charge in [-0.05, 0) is 13.8 Å². The molecule has 0 aromatic carbocycles. The summed E-state index contributed by atoms with van der Waals surface area (Å²) in [7, 11) is 0. The highest BCUT2D eigenvalue weighted by atomic mass is 16.4. The van der Waals surface area contributed by atoms with E-state index in [9.17, 15) is 4.79 Å². The van der Waals surface area contributed by atoms with E-state index in [-0.39, 0.29) is 12.4 Å². The number of rotatable bonds is 3. The maximum Gasteiger partial charge on any atom is 0.316 e. The van der Waals surface area contributed by atoms with Crippen LogP contribution in [0.4, 0.5) is 0 Å². The maximum atomic E-state index is 10.8. The molecule has 0 aliphatic rings. The molecule has 0 bridgehead atoms. The lowest BCUT2D eigenvalue weighted by molar-refractivity contribution is -0.142. The van der Waals surface area contributed by atoms with Crippen LogP contribution >= 0.6 is 0 Å². The number of aliphatic hydroxyl groups excluding tert-OH is 1. The zero-order chi connectivity index (χ0) is 10.8. The standard InChI is InChI=1S/C9H12N2O3/c1-9(2,8(13)14)7-10-3-6(5-12)4-11-7/h3-4,12H,5H2,1-2H3,(H,13,14). The first-order valence-corrected chi connectivity index (χ1v) is 4.14. The van der Waals surface area contributed by atoms with E-state index in [1.54, 1.807) is 0 Å². The van der Waals surface area contributed by atoms with Gasteiger partial charge in [0.1, 0.15) is 11.2 Å². The molecule has 14 heavy (non-hydrogen) atoms. The van der Waals surface area contributed by atoms with Crippen LogP contribution in [-0.4, -0.2) is 26.2 Å². The lowest BCUT2D eigenvalue weighted by atomic mass is 9.93. The fourth-order valence-corrected chi connectivity index (χ4v) is 0.855. The number of carbonyl (C=O) groups is 1. The number of carboxylic acid groups (broad SMARTS) is 1. The highest BCUT2D eigenvalue weighted by molar-refractivity contribution is 5.78. The quantitative estimate of drug-likeness (QED) is 0.727. The van der Waals surface area contributed by atoms with E-state index in [0.717, 1.165) is 0 Å². The summed E-state index contributed by atoms with van der Waals surface area (Å²) in [5.41, 5.74) is -0.538. The van der Waals surface area contributed by atoms with Crippen LogP contribution in [0.3, 0.4) is 0 Å². The van der Waals surface area contributed by atoms with E-state index in [0.29, 0.717) is 5.56 Å².